The van der Waals surface area contributed by atoms with E-state index in [2.05, 4.69) is 0 Å². The van der Waals surface area contributed by atoms with E-state index < -0.39 is 5.60 Å². The van der Waals surface area contributed by atoms with Crippen LogP contribution >= 0.6 is 0 Å². The molecule has 21 heavy (non-hydrogen) atoms. The molecule has 0 aliphatic heterocycles. The maximum Gasteiger partial charge on any atom is 0.198 e. The number of carbonyl (C=O) groups is 1. The zero-order valence-electron chi connectivity index (χ0n) is 13.4. The van der Waals surface area contributed by atoms with Gasteiger partial charge in [0.05, 0.1) is 11.7 Å². The molecule has 2 rings (SSSR count). The number of ether oxygens (including phenoxy) is 2. The lowest BCUT2D eigenvalue weighted by atomic mass is 9.79. The van der Waals surface area contributed by atoms with Crippen molar-refractivity contribution in [2.24, 2.45) is 0 Å². The van der Waals surface area contributed by atoms with Crippen LogP contribution < -0.4 is 4.74 Å². The molecule has 0 atom stereocenters. The van der Waals surface area contributed by atoms with Gasteiger partial charge in [-0.2, -0.15) is 0 Å². The van der Waals surface area contributed by atoms with Crippen molar-refractivity contribution in [2.75, 3.05) is 6.61 Å². The minimum Gasteiger partial charge on any atom is -0.490 e. The first kappa shape index (κ1) is 16.0. The van der Waals surface area contributed by atoms with Gasteiger partial charge >= 0.3 is 0 Å². The lowest BCUT2D eigenvalue weighted by molar-refractivity contribution is -0.0413. The van der Waals surface area contributed by atoms with Gasteiger partial charge in [0.1, 0.15) is 11.4 Å². The van der Waals surface area contributed by atoms with E-state index in [1.54, 1.807) is 0 Å². The van der Waals surface area contributed by atoms with Crippen LogP contribution in [-0.4, -0.2) is 24.1 Å². The lowest BCUT2D eigenvalue weighted by Crippen LogP contribution is -2.43. The molecule has 0 radical (unpaired) electrons. The number of para-hydroxylation sites is 1. The van der Waals surface area contributed by atoms with Crippen molar-refractivity contribution in [3.63, 3.8) is 0 Å². The predicted molar refractivity (Wildman–Crippen MR) is 84.0 cm³/mol. The Morgan fingerprint density at radius 2 is 1.86 bits per heavy atom. The van der Waals surface area contributed by atoms with Crippen LogP contribution in [0.4, 0.5) is 0 Å². The molecule has 0 amide bonds. The van der Waals surface area contributed by atoms with E-state index in [1.165, 1.54) is 6.42 Å². The van der Waals surface area contributed by atoms with Gasteiger partial charge in [-0.05, 0) is 45.7 Å². The van der Waals surface area contributed by atoms with Gasteiger partial charge in [-0.3, -0.25) is 4.79 Å². The maximum atomic E-state index is 13.1. The van der Waals surface area contributed by atoms with E-state index in [1.807, 2.05) is 45.0 Å². The third-order valence-corrected chi connectivity index (χ3v) is 3.99. The van der Waals surface area contributed by atoms with Gasteiger partial charge in [0, 0.05) is 6.61 Å². The Labute approximate surface area is 127 Å². The van der Waals surface area contributed by atoms with E-state index in [9.17, 15) is 4.79 Å². The third kappa shape index (κ3) is 3.65. The molecule has 1 aliphatic rings. The number of benzene rings is 1. The van der Waals surface area contributed by atoms with Gasteiger partial charge < -0.3 is 9.47 Å². The summed E-state index contributed by atoms with van der Waals surface area (Å²) in [5.41, 5.74) is 0.00485. The fourth-order valence-electron chi connectivity index (χ4n) is 3.09. The van der Waals surface area contributed by atoms with Crippen molar-refractivity contribution >= 4 is 5.78 Å². The highest BCUT2D eigenvalue weighted by molar-refractivity contribution is 6.04. The molecule has 0 heterocycles. The summed E-state index contributed by atoms with van der Waals surface area (Å²) in [7, 11) is 0. The standard InChI is InChI=1S/C18H26O3/c1-4-20-18(12-8-5-9-13-18)17(19)15-10-6-7-11-16(15)21-14(2)3/h6-7,10-11,14H,4-5,8-9,12-13H2,1-3H3. The summed E-state index contributed by atoms with van der Waals surface area (Å²) in [5.74, 6) is 0.752. The fourth-order valence-corrected chi connectivity index (χ4v) is 3.09. The van der Waals surface area contributed by atoms with Crippen LogP contribution in [0.3, 0.4) is 0 Å². The molecule has 0 unspecified atom stereocenters. The fraction of sp³-hybridized carbons (Fsp3) is 0.611. The zero-order chi connectivity index (χ0) is 15.3. The van der Waals surface area contributed by atoms with E-state index in [-0.39, 0.29) is 11.9 Å². The Morgan fingerprint density at radius 1 is 1.19 bits per heavy atom. The minimum atomic E-state index is -0.649. The Balaban J connectivity index is 2.32. The molecule has 1 saturated carbocycles. The first-order valence-corrected chi connectivity index (χ1v) is 8.03. The normalized spacial score (nSPS) is 17.7. The predicted octanol–water partition coefficient (Wildman–Crippen LogP) is 4.40. The molecule has 0 spiro atoms. The van der Waals surface area contributed by atoms with Crippen molar-refractivity contribution in [2.45, 2.75) is 64.6 Å². The van der Waals surface area contributed by atoms with E-state index >= 15 is 0 Å². The highest BCUT2D eigenvalue weighted by Gasteiger charge is 2.41. The Hall–Kier alpha value is -1.35. The highest BCUT2D eigenvalue weighted by atomic mass is 16.5. The van der Waals surface area contributed by atoms with Crippen molar-refractivity contribution in [3.05, 3.63) is 29.8 Å². The van der Waals surface area contributed by atoms with Crippen LogP contribution in [0.25, 0.3) is 0 Å². The summed E-state index contributed by atoms with van der Waals surface area (Å²) >= 11 is 0. The zero-order valence-corrected chi connectivity index (χ0v) is 13.4. The molecule has 1 aromatic rings. The second kappa shape index (κ2) is 7.08. The lowest BCUT2D eigenvalue weighted by Gasteiger charge is -2.36. The minimum absolute atomic E-state index is 0.0494. The van der Waals surface area contributed by atoms with Crippen LogP contribution in [0.5, 0.6) is 5.75 Å². The molecule has 1 aliphatic carbocycles. The number of ketones is 1. The van der Waals surface area contributed by atoms with Crippen molar-refractivity contribution in [3.8, 4) is 5.75 Å². The van der Waals surface area contributed by atoms with Gasteiger partial charge in [-0.25, -0.2) is 0 Å². The summed E-state index contributed by atoms with van der Waals surface area (Å²) in [6, 6.07) is 7.52. The Bertz CT molecular complexity index is 468. The first-order valence-electron chi connectivity index (χ1n) is 8.03. The summed E-state index contributed by atoms with van der Waals surface area (Å²) in [4.78, 5) is 13.1. The van der Waals surface area contributed by atoms with Crippen molar-refractivity contribution in [1.82, 2.24) is 0 Å². The first-order chi connectivity index (χ1) is 10.1. The SMILES string of the molecule is CCOC1(C(=O)c2ccccc2OC(C)C)CCCCC1. The van der Waals surface area contributed by atoms with E-state index in [4.69, 9.17) is 9.47 Å². The molecule has 1 fully saturated rings. The van der Waals surface area contributed by atoms with Gasteiger partial charge in [0.15, 0.2) is 5.78 Å². The van der Waals surface area contributed by atoms with Crippen LogP contribution in [0.15, 0.2) is 24.3 Å². The van der Waals surface area contributed by atoms with Gasteiger partial charge in [0.25, 0.3) is 0 Å². The highest BCUT2D eigenvalue weighted by Crippen LogP contribution is 2.36. The second-order valence-electron chi connectivity index (χ2n) is 5.98. The summed E-state index contributed by atoms with van der Waals surface area (Å²) in [6.07, 6.45) is 4.98. The number of Topliss-reactive ketones (excluding diaryl/α,β-unsaturated/α-hetero) is 1. The molecular weight excluding hydrogens is 264 g/mol. The maximum absolute atomic E-state index is 13.1. The van der Waals surface area contributed by atoms with Gasteiger partial charge in [0.2, 0.25) is 0 Å². The van der Waals surface area contributed by atoms with Gasteiger partial charge in [-0.15, -0.1) is 0 Å². The number of hydrogen-bond acceptors (Lipinski definition) is 3. The molecule has 1 aromatic carbocycles. The quantitative estimate of drug-likeness (QED) is 0.729. The van der Waals surface area contributed by atoms with E-state index in [0.29, 0.717) is 17.9 Å². The summed E-state index contributed by atoms with van der Waals surface area (Å²) < 4.78 is 11.7. The van der Waals surface area contributed by atoms with Crippen molar-refractivity contribution < 1.29 is 14.3 Å². The molecule has 0 bridgehead atoms. The molecular formula is C18H26O3. The largest absolute Gasteiger partial charge is 0.490 e. The Kier molecular flexibility index (Phi) is 5.40. The number of rotatable bonds is 6. The van der Waals surface area contributed by atoms with Crippen LogP contribution in [0.2, 0.25) is 0 Å². The van der Waals surface area contributed by atoms with Gasteiger partial charge in [-0.1, -0.05) is 31.4 Å². The smallest absolute Gasteiger partial charge is 0.198 e. The van der Waals surface area contributed by atoms with Crippen LogP contribution in [-0.2, 0) is 4.74 Å². The summed E-state index contributed by atoms with van der Waals surface area (Å²) in [6.45, 7) is 6.47. The second-order valence-corrected chi connectivity index (χ2v) is 5.98. The molecule has 116 valence electrons. The van der Waals surface area contributed by atoms with Crippen LogP contribution in [0.1, 0.15) is 63.2 Å². The molecule has 0 aromatic heterocycles. The molecule has 0 saturated heterocycles. The average molecular weight is 290 g/mol. The molecule has 0 N–H and O–H groups in total. The third-order valence-electron chi connectivity index (χ3n) is 3.99. The number of hydrogen-bond donors (Lipinski definition) is 0. The molecule has 3 nitrogen and oxygen atoms in total. The topological polar surface area (TPSA) is 35.5 Å². The monoisotopic (exact) mass is 290 g/mol. The van der Waals surface area contributed by atoms with Crippen LogP contribution in [0, 0.1) is 0 Å². The average Bonchev–Trinajstić information content (AvgIpc) is 2.48. The van der Waals surface area contributed by atoms with Crippen molar-refractivity contribution in [1.29, 1.82) is 0 Å². The molecule has 3 heteroatoms. The summed E-state index contributed by atoms with van der Waals surface area (Å²) in [5, 5.41) is 0. The van der Waals surface area contributed by atoms with E-state index in [0.717, 1.165) is 25.7 Å². The Morgan fingerprint density at radius 3 is 2.48 bits per heavy atom. The number of carbonyl (C=O) groups excluding carboxylic acids is 1.